The lowest BCUT2D eigenvalue weighted by Gasteiger charge is -2.33. The molecule has 26 heavy (non-hydrogen) atoms. The van der Waals surface area contributed by atoms with Crippen LogP contribution in [0.3, 0.4) is 0 Å². The lowest BCUT2D eigenvalue weighted by atomic mass is 10.1. The van der Waals surface area contributed by atoms with E-state index < -0.39 is 0 Å². The van der Waals surface area contributed by atoms with Crippen molar-refractivity contribution in [1.82, 2.24) is 19.8 Å². The zero-order valence-corrected chi connectivity index (χ0v) is 15.0. The lowest BCUT2D eigenvalue weighted by Crippen LogP contribution is -2.48. The first-order valence-electron chi connectivity index (χ1n) is 8.97. The van der Waals surface area contributed by atoms with Crippen LogP contribution in [0.15, 0.2) is 36.7 Å². The van der Waals surface area contributed by atoms with Gasteiger partial charge in [-0.25, -0.2) is 14.4 Å². The highest BCUT2D eigenvalue weighted by Crippen LogP contribution is 2.09. The van der Waals surface area contributed by atoms with E-state index in [0.717, 1.165) is 44.7 Å². The van der Waals surface area contributed by atoms with Crippen LogP contribution in [-0.2, 0) is 6.42 Å². The quantitative estimate of drug-likeness (QED) is 0.857. The zero-order valence-electron chi connectivity index (χ0n) is 15.0. The third-order valence-corrected chi connectivity index (χ3v) is 4.61. The van der Waals surface area contributed by atoms with Gasteiger partial charge in [-0.15, -0.1) is 0 Å². The molecule has 6 nitrogen and oxygen atoms in total. The van der Waals surface area contributed by atoms with E-state index in [1.165, 1.54) is 18.3 Å². The Labute approximate surface area is 153 Å². The monoisotopic (exact) mass is 357 g/mol. The first-order chi connectivity index (χ1) is 12.7. The Morgan fingerprint density at radius 2 is 1.85 bits per heavy atom. The molecule has 1 aliphatic rings. The van der Waals surface area contributed by atoms with E-state index in [1.54, 1.807) is 18.3 Å². The van der Waals surface area contributed by atoms with Gasteiger partial charge in [0.2, 0.25) is 0 Å². The Morgan fingerprint density at radius 3 is 2.46 bits per heavy atom. The number of nitrogens with zero attached hydrogens (tertiary/aromatic N) is 4. The molecule has 3 rings (SSSR count). The van der Waals surface area contributed by atoms with Gasteiger partial charge in [0.25, 0.3) is 5.91 Å². The van der Waals surface area contributed by atoms with Gasteiger partial charge in [0.15, 0.2) is 0 Å². The number of hydrogen-bond donors (Lipinski definition) is 1. The van der Waals surface area contributed by atoms with Gasteiger partial charge in [0.05, 0.1) is 12.4 Å². The van der Waals surface area contributed by atoms with Gasteiger partial charge in [-0.3, -0.25) is 4.79 Å². The van der Waals surface area contributed by atoms with Crippen LogP contribution < -0.4 is 5.32 Å². The maximum Gasteiger partial charge on any atom is 0.274 e. The number of amides is 1. The van der Waals surface area contributed by atoms with Gasteiger partial charge in [-0.05, 0) is 30.7 Å². The van der Waals surface area contributed by atoms with Gasteiger partial charge in [0.1, 0.15) is 17.3 Å². The van der Waals surface area contributed by atoms with Crippen LogP contribution in [0.25, 0.3) is 0 Å². The van der Waals surface area contributed by atoms with Crippen molar-refractivity contribution in [2.75, 3.05) is 44.6 Å². The van der Waals surface area contributed by atoms with Crippen LogP contribution in [0.5, 0.6) is 0 Å². The van der Waals surface area contributed by atoms with E-state index in [4.69, 9.17) is 0 Å². The van der Waals surface area contributed by atoms with E-state index >= 15 is 0 Å². The number of halogens is 1. The fraction of sp³-hybridized carbons (Fsp3) is 0.421. The summed E-state index contributed by atoms with van der Waals surface area (Å²) in [5.41, 5.74) is 1.42. The lowest BCUT2D eigenvalue weighted by molar-refractivity contribution is 0.0637. The number of hydrogen-bond acceptors (Lipinski definition) is 5. The highest BCUT2D eigenvalue weighted by molar-refractivity contribution is 5.92. The van der Waals surface area contributed by atoms with Crippen LogP contribution in [0.1, 0.15) is 23.0 Å². The summed E-state index contributed by atoms with van der Waals surface area (Å²) in [5, 5.41) is 3.17. The maximum absolute atomic E-state index is 12.9. The standard InChI is InChI=1S/C19H24FN5O/c1-2-24-9-11-25(12-10-24)19(26)17-13-23-18(14-22-17)21-8-7-15-3-5-16(20)6-4-15/h3-6,13-14H,2,7-12H2,1H3,(H,21,23). The SMILES string of the molecule is CCN1CCN(C(=O)c2cnc(NCCc3ccc(F)cc3)cn2)CC1. The minimum Gasteiger partial charge on any atom is -0.368 e. The second-order valence-corrected chi connectivity index (χ2v) is 6.32. The van der Waals surface area contributed by atoms with Crippen LogP contribution in [0.2, 0.25) is 0 Å². The van der Waals surface area contributed by atoms with E-state index in [2.05, 4.69) is 27.1 Å². The summed E-state index contributed by atoms with van der Waals surface area (Å²) < 4.78 is 12.9. The molecule has 0 aliphatic carbocycles. The van der Waals surface area contributed by atoms with Gasteiger partial charge in [0, 0.05) is 32.7 Å². The first kappa shape index (κ1) is 18.3. The molecule has 2 aromatic rings. The second kappa shape index (κ2) is 8.71. The topological polar surface area (TPSA) is 61.4 Å². The van der Waals surface area contributed by atoms with E-state index in [0.29, 0.717) is 18.1 Å². The summed E-state index contributed by atoms with van der Waals surface area (Å²) in [6, 6.07) is 6.44. The molecule has 138 valence electrons. The molecular formula is C19H24FN5O. The molecule has 1 aromatic carbocycles. The van der Waals surface area contributed by atoms with Gasteiger partial charge in [-0.2, -0.15) is 0 Å². The molecular weight excluding hydrogens is 333 g/mol. The van der Waals surface area contributed by atoms with Crippen LogP contribution in [0.4, 0.5) is 10.2 Å². The maximum atomic E-state index is 12.9. The van der Waals surface area contributed by atoms with Crippen molar-refractivity contribution in [1.29, 1.82) is 0 Å². The van der Waals surface area contributed by atoms with Crippen LogP contribution >= 0.6 is 0 Å². The highest BCUT2D eigenvalue weighted by Gasteiger charge is 2.22. The summed E-state index contributed by atoms with van der Waals surface area (Å²) in [6.07, 6.45) is 3.86. The Morgan fingerprint density at radius 1 is 1.12 bits per heavy atom. The number of carbonyl (C=O) groups is 1. The van der Waals surface area contributed by atoms with Crippen molar-refractivity contribution >= 4 is 11.7 Å². The minimum absolute atomic E-state index is 0.0638. The average molecular weight is 357 g/mol. The number of likely N-dealkylation sites (N-methyl/N-ethyl adjacent to an activating group) is 1. The molecule has 0 atom stereocenters. The van der Waals surface area contributed by atoms with Gasteiger partial charge >= 0.3 is 0 Å². The summed E-state index contributed by atoms with van der Waals surface area (Å²) in [4.78, 5) is 25.2. The van der Waals surface area contributed by atoms with Gasteiger partial charge in [-0.1, -0.05) is 19.1 Å². The predicted octanol–water partition coefficient (Wildman–Crippen LogP) is 2.05. The molecule has 0 unspecified atom stereocenters. The van der Waals surface area contributed by atoms with Crippen molar-refractivity contribution < 1.29 is 9.18 Å². The van der Waals surface area contributed by atoms with Crippen molar-refractivity contribution in [3.63, 3.8) is 0 Å². The molecule has 7 heteroatoms. The summed E-state index contributed by atoms with van der Waals surface area (Å²) in [7, 11) is 0. The molecule has 1 fully saturated rings. The summed E-state index contributed by atoms with van der Waals surface area (Å²) in [6.45, 7) is 7.06. The molecule has 1 aromatic heterocycles. The fourth-order valence-corrected chi connectivity index (χ4v) is 2.94. The molecule has 1 amide bonds. The van der Waals surface area contributed by atoms with Crippen molar-refractivity contribution in [3.8, 4) is 0 Å². The smallest absolute Gasteiger partial charge is 0.274 e. The molecule has 2 heterocycles. The summed E-state index contributed by atoms with van der Waals surface area (Å²) in [5.74, 6) is 0.328. The second-order valence-electron chi connectivity index (χ2n) is 6.32. The van der Waals surface area contributed by atoms with Crippen LogP contribution in [0, 0.1) is 5.82 Å². The molecule has 0 spiro atoms. The number of carbonyl (C=O) groups excluding carboxylic acids is 1. The number of nitrogens with one attached hydrogen (secondary N) is 1. The predicted molar refractivity (Wildman–Crippen MR) is 98.6 cm³/mol. The number of benzene rings is 1. The van der Waals surface area contributed by atoms with Crippen molar-refractivity contribution in [2.24, 2.45) is 0 Å². The fourth-order valence-electron chi connectivity index (χ4n) is 2.94. The number of rotatable bonds is 6. The van der Waals surface area contributed by atoms with E-state index in [9.17, 15) is 9.18 Å². The first-order valence-corrected chi connectivity index (χ1v) is 8.97. The third kappa shape index (κ3) is 4.76. The Balaban J connectivity index is 1.48. The largest absolute Gasteiger partial charge is 0.368 e. The minimum atomic E-state index is -0.232. The number of anilines is 1. The Bertz CT molecular complexity index is 712. The van der Waals surface area contributed by atoms with E-state index in [-0.39, 0.29) is 11.7 Å². The van der Waals surface area contributed by atoms with E-state index in [1.807, 2.05) is 4.90 Å². The Hall–Kier alpha value is -2.54. The third-order valence-electron chi connectivity index (χ3n) is 4.61. The molecule has 1 aliphatic heterocycles. The highest BCUT2D eigenvalue weighted by atomic mass is 19.1. The van der Waals surface area contributed by atoms with Gasteiger partial charge < -0.3 is 15.1 Å². The number of piperazine rings is 1. The molecule has 1 N–H and O–H groups in total. The van der Waals surface area contributed by atoms with Crippen LogP contribution in [-0.4, -0.2) is 64.9 Å². The zero-order chi connectivity index (χ0) is 18.4. The Kier molecular flexibility index (Phi) is 6.12. The van der Waals surface area contributed by atoms with Crippen molar-refractivity contribution in [2.45, 2.75) is 13.3 Å². The normalized spacial score (nSPS) is 15.1. The molecule has 1 saturated heterocycles. The molecule has 0 bridgehead atoms. The molecule has 0 saturated carbocycles. The van der Waals surface area contributed by atoms with Crippen molar-refractivity contribution in [3.05, 3.63) is 53.7 Å². The summed E-state index contributed by atoms with van der Waals surface area (Å²) >= 11 is 0. The number of aromatic nitrogens is 2. The average Bonchev–Trinajstić information content (AvgIpc) is 2.69. The molecule has 0 radical (unpaired) electrons.